The van der Waals surface area contributed by atoms with Crippen LogP contribution in [0.2, 0.25) is 0 Å². The third-order valence-electron chi connectivity index (χ3n) is 1.97. The van der Waals surface area contributed by atoms with Crippen molar-refractivity contribution in [2.24, 2.45) is 5.92 Å². The SMILES string of the molecule is COc1c(C=O)c(C)nn1CC(C)C. The molecule has 1 rings (SSSR count). The summed E-state index contributed by atoms with van der Waals surface area (Å²) in [5.74, 6) is 1.04. The van der Waals surface area contributed by atoms with Crippen molar-refractivity contribution in [1.82, 2.24) is 9.78 Å². The molecule has 1 aromatic rings. The maximum Gasteiger partial charge on any atom is 0.222 e. The van der Waals surface area contributed by atoms with Gasteiger partial charge in [0.1, 0.15) is 0 Å². The molecule has 0 bridgehead atoms. The van der Waals surface area contributed by atoms with E-state index < -0.39 is 0 Å². The first kappa shape index (κ1) is 10.8. The average Bonchev–Trinajstić information content (AvgIpc) is 2.39. The normalized spacial score (nSPS) is 10.6. The molecule has 0 N–H and O–H groups in total. The molecule has 4 nitrogen and oxygen atoms in total. The maximum atomic E-state index is 10.8. The third kappa shape index (κ3) is 1.95. The van der Waals surface area contributed by atoms with Crippen LogP contribution in [0.15, 0.2) is 0 Å². The van der Waals surface area contributed by atoms with E-state index in [1.807, 2.05) is 6.92 Å². The smallest absolute Gasteiger partial charge is 0.222 e. The van der Waals surface area contributed by atoms with E-state index in [0.717, 1.165) is 18.5 Å². The Morgan fingerprint density at radius 2 is 2.21 bits per heavy atom. The predicted octanol–water partition coefficient (Wildman–Crippen LogP) is 1.67. The summed E-state index contributed by atoms with van der Waals surface area (Å²) in [5, 5.41) is 4.25. The lowest BCUT2D eigenvalue weighted by Crippen LogP contribution is -2.08. The molecule has 4 heteroatoms. The quantitative estimate of drug-likeness (QED) is 0.688. The van der Waals surface area contributed by atoms with Gasteiger partial charge in [-0.15, -0.1) is 0 Å². The predicted molar refractivity (Wildman–Crippen MR) is 53.7 cm³/mol. The van der Waals surface area contributed by atoms with E-state index in [9.17, 15) is 4.79 Å². The molecule has 0 fully saturated rings. The van der Waals surface area contributed by atoms with Crippen LogP contribution in [0.4, 0.5) is 0 Å². The van der Waals surface area contributed by atoms with Gasteiger partial charge in [0.25, 0.3) is 0 Å². The number of aryl methyl sites for hydroxylation is 1. The molecule has 0 atom stereocenters. The Morgan fingerprint density at radius 1 is 1.57 bits per heavy atom. The molecular formula is C10H16N2O2. The van der Waals surface area contributed by atoms with E-state index in [4.69, 9.17) is 4.74 Å². The summed E-state index contributed by atoms with van der Waals surface area (Å²) in [6.45, 7) is 6.76. The summed E-state index contributed by atoms with van der Waals surface area (Å²) in [6.07, 6.45) is 0.790. The molecule has 0 aliphatic heterocycles. The number of aromatic nitrogens is 2. The van der Waals surface area contributed by atoms with Gasteiger partial charge in [0.05, 0.1) is 18.4 Å². The molecule has 0 amide bonds. The molecule has 0 aromatic carbocycles. The molecule has 0 saturated heterocycles. The number of rotatable bonds is 4. The van der Waals surface area contributed by atoms with Crippen molar-refractivity contribution < 1.29 is 9.53 Å². The number of ether oxygens (including phenoxy) is 1. The van der Waals surface area contributed by atoms with Crippen molar-refractivity contribution in [2.75, 3.05) is 7.11 Å². The first-order chi connectivity index (χ1) is 6.60. The number of carbonyl (C=O) groups is 1. The van der Waals surface area contributed by atoms with E-state index in [0.29, 0.717) is 17.4 Å². The van der Waals surface area contributed by atoms with E-state index in [2.05, 4.69) is 18.9 Å². The number of hydrogen-bond donors (Lipinski definition) is 0. The van der Waals surface area contributed by atoms with Crippen molar-refractivity contribution in [1.29, 1.82) is 0 Å². The Hall–Kier alpha value is -1.32. The standard InChI is InChI=1S/C10H16N2O2/c1-7(2)5-12-10(14-4)9(6-13)8(3)11-12/h6-7H,5H2,1-4H3. The molecule has 0 saturated carbocycles. The highest BCUT2D eigenvalue weighted by atomic mass is 16.5. The van der Waals surface area contributed by atoms with Crippen LogP contribution in [0.3, 0.4) is 0 Å². The minimum atomic E-state index is 0.475. The highest BCUT2D eigenvalue weighted by Gasteiger charge is 2.15. The van der Waals surface area contributed by atoms with Gasteiger partial charge in [-0.05, 0) is 12.8 Å². The van der Waals surface area contributed by atoms with Crippen molar-refractivity contribution >= 4 is 6.29 Å². The van der Waals surface area contributed by atoms with Crippen molar-refractivity contribution in [3.8, 4) is 5.88 Å². The van der Waals surface area contributed by atoms with Gasteiger partial charge in [-0.2, -0.15) is 5.10 Å². The van der Waals surface area contributed by atoms with Gasteiger partial charge in [0, 0.05) is 6.54 Å². The second kappa shape index (κ2) is 4.26. The molecular weight excluding hydrogens is 180 g/mol. The van der Waals surface area contributed by atoms with Gasteiger partial charge in [-0.3, -0.25) is 4.79 Å². The lowest BCUT2D eigenvalue weighted by atomic mass is 10.2. The summed E-state index contributed by atoms with van der Waals surface area (Å²) >= 11 is 0. The lowest BCUT2D eigenvalue weighted by Gasteiger charge is -2.08. The molecule has 0 radical (unpaired) electrons. The van der Waals surface area contributed by atoms with Crippen molar-refractivity contribution in [2.45, 2.75) is 27.3 Å². The number of aldehydes is 1. The molecule has 0 unspecified atom stereocenters. The minimum absolute atomic E-state index is 0.475. The number of nitrogens with zero attached hydrogens (tertiary/aromatic N) is 2. The van der Waals surface area contributed by atoms with E-state index in [1.54, 1.807) is 11.8 Å². The Kier molecular flexibility index (Phi) is 3.28. The monoisotopic (exact) mass is 196 g/mol. The summed E-state index contributed by atoms with van der Waals surface area (Å²) < 4.78 is 6.90. The summed E-state index contributed by atoms with van der Waals surface area (Å²) in [7, 11) is 1.56. The van der Waals surface area contributed by atoms with Gasteiger partial charge in [-0.1, -0.05) is 13.8 Å². The molecule has 14 heavy (non-hydrogen) atoms. The number of hydrogen-bond acceptors (Lipinski definition) is 3. The Bertz CT molecular complexity index is 329. The highest BCUT2D eigenvalue weighted by molar-refractivity contribution is 5.80. The topological polar surface area (TPSA) is 44.1 Å². The van der Waals surface area contributed by atoms with Crippen molar-refractivity contribution in [3.05, 3.63) is 11.3 Å². The fourth-order valence-corrected chi connectivity index (χ4v) is 1.39. The van der Waals surface area contributed by atoms with Crippen LogP contribution in [0.5, 0.6) is 5.88 Å². The molecule has 78 valence electrons. The Labute approximate surface area is 83.9 Å². The van der Waals surface area contributed by atoms with Crippen LogP contribution >= 0.6 is 0 Å². The average molecular weight is 196 g/mol. The third-order valence-corrected chi connectivity index (χ3v) is 1.97. The minimum Gasteiger partial charge on any atom is -0.481 e. The maximum absolute atomic E-state index is 10.8. The van der Waals surface area contributed by atoms with Crippen LogP contribution < -0.4 is 4.74 Å². The van der Waals surface area contributed by atoms with Crippen LogP contribution in [-0.4, -0.2) is 23.2 Å². The van der Waals surface area contributed by atoms with Crippen LogP contribution in [0.25, 0.3) is 0 Å². The van der Waals surface area contributed by atoms with Crippen molar-refractivity contribution in [3.63, 3.8) is 0 Å². The van der Waals surface area contributed by atoms with Crippen LogP contribution in [-0.2, 0) is 6.54 Å². The summed E-state index contributed by atoms with van der Waals surface area (Å²) in [4.78, 5) is 10.8. The summed E-state index contributed by atoms with van der Waals surface area (Å²) in [5.41, 5.74) is 1.27. The number of carbonyl (C=O) groups excluding carboxylic acids is 1. The largest absolute Gasteiger partial charge is 0.481 e. The molecule has 0 aliphatic carbocycles. The van der Waals surface area contributed by atoms with Gasteiger partial charge < -0.3 is 4.74 Å². The first-order valence-electron chi connectivity index (χ1n) is 4.66. The van der Waals surface area contributed by atoms with E-state index in [1.165, 1.54) is 0 Å². The first-order valence-corrected chi connectivity index (χ1v) is 4.66. The fraction of sp³-hybridized carbons (Fsp3) is 0.600. The van der Waals surface area contributed by atoms with Crippen LogP contribution in [0, 0.1) is 12.8 Å². The van der Waals surface area contributed by atoms with Gasteiger partial charge >= 0.3 is 0 Å². The molecule has 0 spiro atoms. The molecule has 1 heterocycles. The second-order valence-electron chi connectivity index (χ2n) is 3.70. The lowest BCUT2D eigenvalue weighted by molar-refractivity contribution is 0.111. The highest BCUT2D eigenvalue weighted by Crippen LogP contribution is 2.20. The molecule has 1 aromatic heterocycles. The van der Waals surface area contributed by atoms with Gasteiger partial charge in [0.2, 0.25) is 5.88 Å². The second-order valence-corrected chi connectivity index (χ2v) is 3.70. The van der Waals surface area contributed by atoms with E-state index in [-0.39, 0.29) is 0 Å². The summed E-state index contributed by atoms with van der Waals surface area (Å²) in [6, 6.07) is 0. The zero-order valence-electron chi connectivity index (χ0n) is 9.07. The fourth-order valence-electron chi connectivity index (χ4n) is 1.39. The van der Waals surface area contributed by atoms with Gasteiger partial charge in [0.15, 0.2) is 6.29 Å². The molecule has 0 aliphatic rings. The Morgan fingerprint density at radius 3 is 2.64 bits per heavy atom. The van der Waals surface area contributed by atoms with Crippen LogP contribution in [0.1, 0.15) is 29.9 Å². The zero-order chi connectivity index (χ0) is 10.7. The van der Waals surface area contributed by atoms with E-state index >= 15 is 0 Å². The zero-order valence-corrected chi connectivity index (χ0v) is 9.07. The van der Waals surface area contributed by atoms with Gasteiger partial charge in [-0.25, -0.2) is 4.68 Å². The number of methoxy groups -OCH3 is 1. The Balaban J connectivity index is 3.10.